The lowest BCUT2D eigenvalue weighted by atomic mass is 10.0. The average Bonchev–Trinajstić information content (AvgIpc) is 2.54. The van der Waals surface area contributed by atoms with Crippen molar-refractivity contribution < 1.29 is 5.11 Å². The lowest BCUT2D eigenvalue weighted by molar-refractivity contribution is 0.154. The predicted molar refractivity (Wildman–Crippen MR) is 71.4 cm³/mol. The van der Waals surface area contributed by atoms with Gasteiger partial charge in [-0.1, -0.05) is 25.4 Å². The summed E-state index contributed by atoms with van der Waals surface area (Å²) in [4.78, 5) is 0. The molecular formula is C13H23ClN2O. The van der Waals surface area contributed by atoms with Crippen molar-refractivity contribution in [2.45, 2.75) is 59.6 Å². The highest BCUT2D eigenvalue weighted by atomic mass is 35.5. The summed E-state index contributed by atoms with van der Waals surface area (Å²) >= 11 is 6.21. The molecule has 0 aliphatic rings. The van der Waals surface area contributed by atoms with Crippen LogP contribution in [0.4, 0.5) is 0 Å². The maximum Gasteiger partial charge on any atom is 0.0848 e. The monoisotopic (exact) mass is 258 g/mol. The molecule has 1 heterocycles. The Labute approximate surface area is 109 Å². The maximum atomic E-state index is 10.0. The summed E-state index contributed by atoms with van der Waals surface area (Å²) in [6.07, 6.45) is 2.14. The molecule has 1 aromatic rings. The maximum absolute atomic E-state index is 10.0. The Kier molecular flexibility index (Phi) is 5.47. The van der Waals surface area contributed by atoms with Gasteiger partial charge in [-0.3, -0.25) is 4.68 Å². The van der Waals surface area contributed by atoms with Crippen molar-refractivity contribution in [3.63, 3.8) is 0 Å². The van der Waals surface area contributed by atoms with Crippen LogP contribution in [0.15, 0.2) is 0 Å². The molecule has 1 unspecified atom stereocenters. The highest BCUT2D eigenvalue weighted by Gasteiger charge is 2.16. The molecule has 1 atom stereocenters. The summed E-state index contributed by atoms with van der Waals surface area (Å²) in [5, 5.41) is 15.1. The zero-order valence-corrected chi connectivity index (χ0v) is 12.0. The van der Waals surface area contributed by atoms with E-state index >= 15 is 0 Å². The van der Waals surface area contributed by atoms with Gasteiger partial charge in [0.15, 0.2) is 0 Å². The molecule has 0 bridgehead atoms. The third kappa shape index (κ3) is 4.00. The number of aromatic nitrogens is 2. The number of aliphatic hydroxyl groups is 1. The third-order valence-corrected chi connectivity index (χ3v) is 3.45. The molecule has 0 aliphatic carbocycles. The van der Waals surface area contributed by atoms with Crippen LogP contribution in [0.25, 0.3) is 0 Å². The summed E-state index contributed by atoms with van der Waals surface area (Å²) in [5.41, 5.74) is 1.81. The van der Waals surface area contributed by atoms with Crippen LogP contribution in [0.1, 0.15) is 45.0 Å². The van der Waals surface area contributed by atoms with Gasteiger partial charge >= 0.3 is 0 Å². The minimum atomic E-state index is -0.323. The molecule has 0 saturated carbocycles. The highest BCUT2D eigenvalue weighted by molar-refractivity contribution is 6.31. The molecule has 0 aliphatic heterocycles. The van der Waals surface area contributed by atoms with Crippen LogP contribution in [-0.4, -0.2) is 21.0 Å². The molecule has 3 nitrogen and oxygen atoms in total. The lowest BCUT2D eigenvalue weighted by Gasteiger charge is -2.13. The van der Waals surface area contributed by atoms with Gasteiger partial charge in [0, 0.05) is 13.0 Å². The second kappa shape index (κ2) is 6.41. The summed E-state index contributed by atoms with van der Waals surface area (Å²) in [6.45, 7) is 9.06. The molecule has 0 aromatic carbocycles. The van der Waals surface area contributed by atoms with E-state index in [2.05, 4.69) is 18.9 Å². The number of aliphatic hydroxyl groups excluding tert-OH is 1. The molecule has 4 heteroatoms. The van der Waals surface area contributed by atoms with E-state index < -0.39 is 0 Å². The van der Waals surface area contributed by atoms with Crippen LogP contribution in [0.3, 0.4) is 0 Å². The predicted octanol–water partition coefficient (Wildman–Crippen LogP) is 3.20. The number of aryl methyl sites for hydroxylation is 2. The van der Waals surface area contributed by atoms with Gasteiger partial charge in [0.1, 0.15) is 0 Å². The number of hydrogen-bond donors (Lipinski definition) is 1. The van der Waals surface area contributed by atoms with Crippen molar-refractivity contribution in [2.24, 2.45) is 5.92 Å². The fraction of sp³-hybridized carbons (Fsp3) is 0.769. The topological polar surface area (TPSA) is 38.0 Å². The molecule has 0 amide bonds. The number of rotatable bonds is 6. The molecule has 0 fully saturated rings. The number of nitrogens with zero attached hydrogens (tertiary/aromatic N) is 2. The minimum absolute atomic E-state index is 0.323. The van der Waals surface area contributed by atoms with Gasteiger partial charge in [-0.05, 0) is 32.6 Å². The van der Waals surface area contributed by atoms with Crippen LogP contribution >= 0.6 is 11.6 Å². The van der Waals surface area contributed by atoms with E-state index in [1.54, 1.807) is 0 Å². The Balaban J connectivity index is 2.67. The molecule has 0 saturated heterocycles. The molecule has 0 radical (unpaired) electrons. The summed E-state index contributed by atoms with van der Waals surface area (Å²) in [6, 6.07) is 0. The Bertz CT molecular complexity index is 361. The first-order valence-electron chi connectivity index (χ1n) is 6.35. The van der Waals surface area contributed by atoms with Crippen molar-refractivity contribution >= 4 is 11.6 Å². The van der Waals surface area contributed by atoms with Gasteiger partial charge in [0.05, 0.1) is 22.5 Å². The second-order valence-corrected chi connectivity index (χ2v) is 5.37. The molecule has 0 spiro atoms. The first-order chi connectivity index (χ1) is 7.95. The summed E-state index contributed by atoms with van der Waals surface area (Å²) in [7, 11) is 0. The SMILES string of the molecule is CCn1nc(C)c(Cl)c1CC(O)CCC(C)C. The van der Waals surface area contributed by atoms with Crippen molar-refractivity contribution in [2.75, 3.05) is 0 Å². The number of hydrogen-bond acceptors (Lipinski definition) is 2. The normalized spacial score (nSPS) is 13.4. The van der Waals surface area contributed by atoms with Gasteiger partial charge < -0.3 is 5.11 Å². The first-order valence-corrected chi connectivity index (χ1v) is 6.73. The van der Waals surface area contributed by atoms with Gasteiger partial charge in [-0.2, -0.15) is 5.10 Å². The Morgan fingerprint density at radius 2 is 2.00 bits per heavy atom. The van der Waals surface area contributed by atoms with E-state index in [0.29, 0.717) is 17.4 Å². The van der Waals surface area contributed by atoms with Crippen LogP contribution in [0.2, 0.25) is 5.02 Å². The van der Waals surface area contributed by atoms with E-state index in [9.17, 15) is 5.11 Å². The average molecular weight is 259 g/mol. The van der Waals surface area contributed by atoms with E-state index in [-0.39, 0.29) is 6.10 Å². The standard InChI is InChI=1S/C13H23ClN2O/c1-5-16-12(13(14)10(4)15-16)8-11(17)7-6-9(2)3/h9,11,17H,5-8H2,1-4H3. The fourth-order valence-corrected chi connectivity index (χ4v) is 2.13. The molecule has 1 rings (SSSR count). The van der Waals surface area contributed by atoms with Crippen molar-refractivity contribution in [3.05, 3.63) is 16.4 Å². The van der Waals surface area contributed by atoms with Gasteiger partial charge in [0.25, 0.3) is 0 Å². The molecule has 1 N–H and O–H groups in total. The van der Waals surface area contributed by atoms with Gasteiger partial charge in [-0.25, -0.2) is 0 Å². The molecule has 17 heavy (non-hydrogen) atoms. The lowest BCUT2D eigenvalue weighted by Crippen LogP contribution is -2.15. The Morgan fingerprint density at radius 1 is 1.35 bits per heavy atom. The van der Waals surface area contributed by atoms with Crippen molar-refractivity contribution in [1.82, 2.24) is 9.78 Å². The van der Waals surface area contributed by atoms with Crippen LogP contribution < -0.4 is 0 Å². The quantitative estimate of drug-likeness (QED) is 0.851. The third-order valence-electron chi connectivity index (χ3n) is 2.96. The zero-order chi connectivity index (χ0) is 13.0. The first kappa shape index (κ1) is 14.5. The van der Waals surface area contributed by atoms with Crippen molar-refractivity contribution in [1.29, 1.82) is 0 Å². The Hall–Kier alpha value is -0.540. The minimum Gasteiger partial charge on any atom is -0.393 e. The number of halogens is 1. The smallest absolute Gasteiger partial charge is 0.0848 e. The van der Waals surface area contributed by atoms with Crippen LogP contribution in [0.5, 0.6) is 0 Å². The summed E-state index contributed by atoms with van der Waals surface area (Å²) < 4.78 is 1.89. The second-order valence-electron chi connectivity index (χ2n) is 4.99. The Morgan fingerprint density at radius 3 is 2.53 bits per heavy atom. The van der Waals surface area contributed by atoms with Crippen LogP contribution in [0, 0.1) is 12.8 Å². The molecule has 98 valence electrons. The summed E-state index contributed by atoms with van der Waals surface area (Å²) in [5.74, 6) is 0.623. The van der Waals surface area contributed by atoms with Gasteiger partial charge in [-0.15, -0.1) is 0 Å². The zero-order valence-electron chi connectivity index (χ0n) is 11.2. The largest absolute Gasteiger partial charge is 0.393 e. The van der Waals surface area contributed by atoms with Crippen LogP contribution in [-0.2, 0) is 13.0 Å². The molecule has 1 aromatic heterocycles. The van der Waals surface area contributed by atoms with E-state index in [1.165, 1.54) is 0 Å². The molecular weight excluding hydrogens is 236 g/mol. The highest BCUT2D eigenvalue weighted by Crippen LogP contribution is 2.22. The van der Waals surface area contributed by atoms with Gasteiger partial charge in [0.2, 0.25) is 0 Å². The fourth-order valence-electron chi connectivity index (χ4n) is 1.91. The van der Waals surface area contributed by atoms with E-state index in [4.69, 9.17) is 11.6 Å². The van der Waals surface area contributed by atoms with E-state index in [0.717, 1.165) is 30.8 Å². The van der Waals surface area contributed by atoms with Crippen molar-refractivity contribution in [3.8, 4) is 0 Å². The van der Waals surface area contributed by atoms with E-state index in [1.807, 2.05) is 18.5 Å².